The molecule has 3 aromatic carbocycles. The maximum absolute atomic E-state index is 12.0. The van der Waals surface area contributed by atoms with Crippen molar-refractivity contribution in [1.29, 1.82) is 0 Å². The van der Waals surface area contributed by atoms with E-state index in [1.54, 1.807) is 11.9 Å². The highest BCUT2D eigenvalue weighted by Crippen LogP contribution is 2.34. The molecule has 0 aliphatic rings. The first-order chi connectivity index (χ1) is 19.6. The summed E-state index contributed by atoms with van der Waals surface area (Å²) in [6.45, 7) is 2.64. The second-order valence-electron chi connectivity index (χ2n) is 9.62. The maximum Gasteiger partial charge on any atom is 0.336 e. The van der Waals surface area contributed by atoms with E-state index < -0.39 is 36.4 Å². The SMILES string of the molecule is CC/C(=C(\c1ccccc1)c1ccc(OCCN(C)COC(=O)CC(O)(CC(=O)O)C(=O)O)cc1)c1ccccc1. The fourth-order valence-corrected chi connectivity index (χ4v) is 4.32. The molecule has 0 aromatic heterocycles. The van der Waals surface area contributed by atoms with Gasteiger partial charge in [0.05, 0.1) is 12.8 Å². The minimum atomic E-state index is -2.73. The van der Waals surface area contributed by atoms with Crippen LogP contribution in [0.2, 0.25) is 0 Å². The molecular formula is C32H35NO8. The number of aliphatic carboxylic acids is 2. The number of hydrogen-bond acceptors (Lipinski definition) is 7. The van der Waals surface area contributed by atoms with Crippen LogP contribution in [0.5, 0.6) is 5.75 Å². The van der Waals surface area contributed by atoms with Crippen LogP contribution in [0.15, 0.2) is 84.9 Å². The third-order valence-corrected chi connectivity index (χ3v) is 6.45. The standard InChI is InChI=1S/C32H35NO8/c1-3-27(23-10-6-4-7-11-23)30(24-12-8-5-9-13-24)25-14-16-26(17-15-25)40-19-18-33(2)22-41-29(36)21-32(39,31(37)38)20-28(34)35/h4-17,39H,3,18-22H2,1-2H3,(H,34,35)(H,37,38)/b30-27-. The van der Waals surface area contributed by atoms with Crippen LogP contribution < -0.4 is 4.74 Å². The van der Waals surface area contributed by atoms with E-state index in [2.05, 4.69) is 31.2 Å². The van der Waals surface area contributed by atoms with Crippen molar-refractivity contribution in [3.05, 3.63) is 102 Å². The topological polar surface area (TPSA) is 134 Å². The lowest BCUT2D eigenvalue weighted by Gasteiger charge is -2.22. The number of carboxylic acid groups (broad SMARTS) is 2. The third kappa shape index (κ3) is 9.02. The van der Waals surface area contributed by atoms with Crippen LogP contribution in [0.1, 0.15) is 42.9 Å². The maximum atomic E-state index is 12.0. The van der Waals surface area contributed by atoms with Gasteiger partial charge in [0, 0.05) is 6.54 Å². The van der Waals surface area contributed by atoms with Gasteiger partial charge in [0.25, 0.3) is 0 Å². The lowest BCUT2D eigenvalue weighted by molar-refractivity contribution is -0.173. The molecule has 0 saturated carbocycles. The summed E-state index contributed by atoms with van der Waals surface area (Å²) in [5.74, 6) is -3.70. The fraction of sp³-hybridized carbons (Fsp3) is 0.281. The van der Waals surface area contributed by atoms with Crippen LogP contribution >= 0.6 is 0 Å². The van der Waals surface area contributed by atoms with Gasteiger partial charge >= 0.3 is 17.9 Å². The molecule has 0 fully saturated rings. The summed E-state index contributed by atoms with van der Waals surface area (Å²) in [7, 11) is 1.67. The number of allylic oxidation sites excluding steroid dienone is 1. The van der Waals surface area contributed by atoms with Crippen molar-refractivity contribution in [1.82, 2.24) is 4.90 Å². The normalized spacial score (nSPS) is 13.2. The van der Waals surface area contributed by atoms with Crippen molar-refractivity contribution in [2.45, 2.75) is 31.8 Å². The van der Waals surface area contributed by atoms with E-state index in [9.17, 15) is 19.5 Å². The Morgan fingerprint density at radius 2 is 1.37 bits per heavy atom. The molecular weight excluding hydrogens is 526 g/mol. The number of benzene rings is 3. The molecule has 0 spiro atoms. The summed E-state index contributed by atoms with van der Waals surface area (Å²) in [5, 5.41) is 27.8. The van der Waals surface area contributed by atoms with Gasteiger partial charge in [-0.2, -0.15) is 0 Å². The molecule has 9 heteroatoms. The number of aliphatic hydroxyl groups is 1. The van der Waals surface area contributed by atoms with Gasteiger partial charge in [-0.05, 0) is 53.4 Å². The van der Waals surface area contributed by atoms with Crippen molar-refractivity contribution in [3.63, 3.8) is 0 Å². The number of ether oxygens (including phenoxy) is 2. The lowest BCUT2D eigenvalue weighted by atomic mass is 9.88. The smallest absolute Gasteiger partial charge is 0.336 e. The number of likely N-dealkylation sites (N-methyl/N-ethyl adjacent to an activating group) is 1. The number of carboxylic acids is 2. The quantitative estimate of drug-likeness (QED) is 0.139. The van der Waals surface area contributed by atoms with Gasteiger partial charge in [-0.25, -0.2) is 4.79 Å². The van der Waals surface area contributed by atoms with E-state index in [1.807, 2.05) is 60.7 Å². The number of carbonyl (C=O) groups is 3. The molecule has 0 heterocycles. The summed E-state index contributed by atoms with van der Waals surface area (Å²) >= 11 is 0. The Bertz CT molecular complexity index is 1340. The molecule has 0 aliphatic heterocycles. The Labute approximate surface area is 239 Å². The molecule has 1 atom stereocenters. The van der Waals surface area contributed by atoms with Crippen LogP contribution in [-0.4, -0.2) is 70.7 Å². The molecule has 1 unspecified atom stereocenters. The summed E-state index contributed by atoms with van der Waals surface area (Å²) in [6.07, 6.45) is -1.23. The van der Waals surface area contributed by atoms with Crippen molar-refractivity contribution < 1.29 is 39.2 Å². The van der Waals surface area contributed by atoms with Crippen LogP contribution in [0.3, 0.4) is 0 Å². The molecule has 0 aliphatic carbocycles. The minimum absolute atomic E-state index is 0.186. The first-order valence-corrected chi connectivity index (χ1v) is 13.2. The van der Waals surface area contributed by atoms with Gasteiger partial charge in [0.2, 0.25) is 0 Å². The predicted molar refractivity (Wildman–Crippen MR) is 154 cm³/mol. The van der Waals surface area contributed by atoms with Gasteiger partial charge in [0.1, 0.15) is 19.1 Å². The van der Waals surface area contributed by atoms with Gasteiger partial charge in [-0.1, -0.05) is 79.7 Å². The first-order valence-electron chi connectivity index (χ1n) is 13.2. The van der Waals surface area contributed by atoms with Crippen molar-refractivity contribution in [2.24, 2.45) is 0 Å². The van der Waals surface area contributed by atoms with E-state index >= 15 is 0 Å². The summed E-state index contributed by atoms with van der Waals surface area (Å²) in [5.41, 5.74) is 3.04. The number of hydrogen-bond donors (Lipinski definition) is 3. The second kappa shape index (κ2) is 14.8. The molecule has 0 amide bonds. The van der Waals surface area contributed by atoms with Crippen LogP contribution in [0, 0.1) is 0 Å². The largest absolute Gasteiger partial charge is 0.492 e. The zero-order valence-electron chi connectivity index (χ0n) is 23.2. The minimum Gasteiger partial charge on any atom is -0.492 e. The van der Waals surface area contributed by atoms with Crippen molar-refractivity contribution >= 4 is 29.1 Å². The predicted octanol–water partition coefficient (Wildman–Crippen LogP) is 4.55. The fourth-order valence-electron chi connectivity index (χ4n) is 4.32. The van der Waals surface area contributed by atoms with Gasteiger partial charge in [-0.15, -0.1) is 0 Å². The highest BCUT2D eigenvalue weighted by atomic mass is 16.5. The van der Waals surface area contributed by atoms with E-state index in [-0.39, 0.29) is 13.3 Å². The molecule has 216 valence electrons. The Morgan fingerprint density at radius 3 is 1.90 bits per heavy atom. The lowest BCUT2D eigenvalue weighted by Crippen LogP contribution is -2.43. The molecule has 41 heavy (non-hydrogen) atoms. The van der Waals surface area contributed by atoms with E-state index in [1.165, 1.54) is 11.1 Å². The van der Waals surface area contributed by atoms with Crippen molar-refractivity contribution in [3.8, 4) is 5.75 Å². The molecule has 0 saturated heterocycles. The molecule has 3 aromatic rings. The van der Waals surface area contributed by atoms with E-state index in [0.717, 1.165) is 23.1 Å². The van der Waals surface area contributed by atoms with Gasteiger partial charge in [0.15, 0.2) is 5.60 Å². The van der Waals surface area contributed by atoms with E-state index in [4.69, 9.17) is 19.7 Å². The highest BCUT2D eigenvalue weighted by Gasteiger charge is 2.41. The second-order valence-corrected chi connectivity index (χ2v) is 9.62. The summed E-state index contributed by atoms with van der Waals surface area (Å²) in [4.78, 5) is 35.6. The van der Waals surface area contributed by atoms with Gasteiger partial charge in [-0.3, -0.25) is 14.5 Å². The number of esters is 1. The Kier molecular flexibility index (Phi) is 11.2. The number of carbonyl (C=O) groups excluding carboxylic acids is 1. The van der Waals surface area contributed by atoms with Crippen LogP contribution in [-0.2, 0) is 19.1 Å². The Hall–Kier alpha value is -4.47. The molecule has 0 radical (unpaired) electrons. The number of nitrogens with zero attached hydrogens (tertiary/aromatic N) is 1. The Balaban J connectivity index is 1.60. The zero-order valence-corrected chi connectivity index (χ0v) is 23.2. The zero-order chi connectivity index (χ0) is 29.8. The molecule has 3 rings (SSSR count). The average molecular weight is 562 g/mol. The van der Waals surface area contributed by atoms with E-state index in [0.29, 0.717) is 12.3 Å². The molecule has 9 nitrogen and oxygen atoms in total. The molecule has 3 N–H and O–H groups in total. The van der Waals surface area contributed by atoms with Crippen LogP contribution in [0.4, 0.5) is 0 Å². The van der Waals surface area contributed by atoms with Crippen LogP contribution in [0.25, 0.3) is 11.1 Å². The van der Waals surface area contributed by atoms with Gasteiger partial charge < -0.3 is 24.8 Å². The first kappa shape index (κ1) is 31.1. The Morgan fingerprint density at radius 1 is 0.805 bits per heavy atom. The number of rotatable bonds is 15. The van der Waals surface area contributed by atoms with Crippen molar-refractivity contribution in [2.75, 3.05) is 26.9 Å². The average Bonchev–Trinajstić information content (AvgIpc) is 2.95. The third-order valence-electron chi connectivity index (χ3n) is 6.45. The summed E-state index contributed by atoms with van der Waals surface area (Å²) < 4.78 is 10.9. The monoisotopic (exact) mass is 561 g/mol. The summed E-state index contributed by atoms with van der Waals surface area (Å²) in [6, 6.07) is 28.5. The molecule has 0 bridgehead atoms. The highest BCUT2D eigenvalue weighted by molar-refractivity contribution is 5.98.